The number of nitrogens with zero attached hydrogens (tertiary/aromatic N) is 2. The fourth-order valence-electron chi connectivity index (χ4n) is 2.71. The van der Waals surface area contributed by atoms with Gasteiger partial charge in [-0.1, -0.05) is 12.8 Å². The molecule has 0 bridgehead atoms. The van der Waals surface area contributed by atoms with Crippen molar-refractivity contribution in [3.05, 3.63) is 39.4 Å². The third-order valence-corrected chi connectivity index (χ3v) is 3.82. The first-order valence-corrected chi connectivity index (χ1v) is 6.79. The van der Waals surface area contributed by atoms with Gasteiger partial charge in [0.2, 0.25) is 5.82 Å². The zero-order chi connectivity index (χ0) is 15.6. The Morgan fingerprint density at radius 1 is 1.33 bits per heavy atom. The molecule has 1 aliphatic carbocycles. The summed E-state index contributed by atoms with van der Waals surface area (Å²) in [5, 5.41) is 10.5. The number of rotatable bonds is 4. The average molecular weight is 298 g/mol. The molecule has 1 aromatic carbocycles. The Kier molecular flexibility index (Phi) is 4.50. The maximum Gasteiger partial charge on any atom is 0.307 e. The molecule has 0 atom stereocenters. The van der Waals surface area contributed by atoms with Crippen LogP contribution in [0.2, 0.25) is 0 Å². The molecule has 1 amide bonds. The van der Waals surface area contributed by atoms with Crippen LogP contribution < -0.4 is 0 Å². The van der Waals surface area contributed by atoms with Crippen LogP contribution in [0.3, 0.4) is 0 Å². The molecule has 1 aliphatic rings. The molecule has 0 aliphatic heterocycles. The van der Waals surface area contributed by atoms with Gasteiger partial charge in [0.25, 0.3) is 5.91 Å². The van der Waals surface area contributed by atoms with Crippen molar-refractivity contribution in [1.29, 1.82) is 0 Å². The van der Waals surface area contributed by atoms with Gasteiger partial charge in [-0.05, 0) is 24.8 Å². The molecule has 1 aromatic rings. The quantitative estimate of drug-likeness (QED) is 0.633. The zero-order valence-corrected chi connectivity index (χ0v) is 11.6. The lowest BCUT2D eigenvalue weighted by atomic mass is 10.1. The number of hydrogen-bond acceptors (Lipinski definition) is 3. The number of nitro benzene ring substituents is 1. The zero-order valence-electron chi connectivity index (χ0n) is 11.6. The van der Waals surface area contributed by atoms with Crippen molar-refractivity contribution >= 4 is 11.6 Å². The van der Waals surface area contributed by atoms with Gasteiger partial charge in [0.05, 0.1) is 16.6 Å². The average Bonchev–Trinajstić information content (AvgIpc) is 2.92. The summed E-state index contributed by atoms with van der Waals surface area (Å²) in [6, 6.07) is 1.05. The summed E-state index contributed by atoms with van der Waals surface area (Å²) in [6.07, 6.45) is 4.28. The Bertz CT molecular complexity index is 572. The second kappa shape index (κ2) is 6.15. The van der Waals surface area contributed by atoms with Gasteiger partial charge in [0.1, 0.15) is 5.82 Å². The molecule has 0 radical (unpaired) electrons. The van der Waals surface area contributed by atoms with Crippen LogP contribution in [0.15, 0.2) is 12.1 Å². The number of benzene rings is 1. The minimum Gasteiger partial charge on any atom is -0.341 e. The monoisotopic (exact) mass is 298 g/mol. The maximum absolute atomic E-state index is 13.8. The third-order valence-electron chi connectivity index (χ3n) is 3.82. The second-order valence-corrected chi connectivity index (χ2v) is 5.38. The van der Waals surface area contributed by atoms with E-state index < -0.39 is 33.7 Å². The number of carbonyl (C=O) groups is 1. The fraction of sp³-hybridized carbons (Fsp3) is 0.500. The molecule has 114 valence electrons. The standard InChI is InChI=1S/C14H16F2N2O3/c1-17(8-9-4-2-3-5-9)14(19)10-6-12(16)13(18(20)21)7-11(10)15/h6-7,9H,2-5,8H2,1H3. The molecule has 5 nitrogen and oxygen atoms in total. The highest BCUT2D eigenvalue weighted by molar-refractivity contribution is 5.94. The van der Waals surface area contributed by atoms with Gasteiger partial charge in [0, 0.05) is 13.6 Å². The van der Waals surface area contributed by atoms with Gasteiger partial charge in [-0.25, -0.2) is 4.39 Å². The molecule has 0 heterocycles. The van der Waals surface area contributed by atoms with E-state index >= 15 is 0 Å². The summed E-state index contributed by atoms with van der Waals surface area (Å²) < 4.78 is 27.3. The molecular formula is C14H16F2N2O3. The Balaban J connectivity index is 2.18. The van der Waals surface area contributed by atoms with E-state index in [1.54, 1.807) is 0 Å². The summed E-state index contributed by atoms with van der Waals surface area (Å²) in [5.74, 6) is -2.57. The Hall–Kier alpha value is -2.05. The van der Waals surface area contributed by atoms with E-state index in [1.807, 2.05) is 0 Å². The summed E-state index contributed by atoms with van der Waals surface area (Å²) in [7, 11) is 1.53. The van der Waals surface area contributed by atoms with Gasteiger partial charge in [-0.3, -0.25) is 14.9 Å². The molecule has 1 saturated carbocycles. The fourth-order valence-corrected chi connectivity index (χ4v) is 2.71. The van der Waals surface area contributed by atoms with E-state index in [1.165, 1.54) is 11.9 Å². The van der Waals surface area contributed by atoms with Crippen molar-refractivity contribution in [2.75, 3.05) is 13.6 Å². The van der Waals surface area contributed by atoms with Gasteiger partial charge in [-0.2, -0.15) is 4.39 Å². The molecule has 0 aromatic heterocycles. The summed E-state index contributed by atoms with van der Waals surface area (Å²) in [6.45, 7) is 0.483. The van der Waals surface area contributed by atoms with Crippen molar-refractivity contribution in [1.82, 2.24) is 4.90 Å². The first kappa shape index (κ1) is 15.3. The minimum atomic E-state index is -1.21. The largest absolute Gasteiger partial charge is 0.341 e. The van der Waals surface area contributed by atoms with Crippen LogP contribution >= 0.6 is 0 Å². The Morgan fingerprint density at radius 2 is 1.95 bits per heavy atom. The van der Waals surface area contributed by atoms with Gasteiger partial charge >= 0.3 is 5.69 Å². The second-order valence-electron chi connectivity index (χ2n) is 5.38. The highest BCUT2D eigenvalue weighted by Crippen LogP contribution is 2.26. The normalized spacial score (nSPS) is 15.2. The van der Waals surface area contributed by atoms with Crippen LogP contribution in [0.4, 0.5) is 14.5 Å². The van der Waals surface area contributed by atoms with Crippen molar-refractivity contribution in [2.24, 2.45) is 5.92 Å². The van der Waals surface area contributed by atoms with E-state index in [0.717, 1.165) is 25.7 Å². The number of nitro groups is 1. The lowest BCUT2D eigenvalue weighted by Gasteiger charge is -2.21. The van der Waals surface area contributed by atoms with Crippen LogP contribution in [-0.2, 0) is 0 Å². The molecule has 0 unspecified atom stereocenters. The van der Waals surface area contributed by atoms with Crippen molar-refractivity contribution in [3.63, 3.8) is 0 Å². The van der Waals surface area contributed by atoms with E-state index in [9.17, 15) is 23.7 Å². The smallest absolute Gasteiger partial charge is 0.307 e. The molecular weight excluding hydrogens is 282 g/mol. The lowest BCUT2D eigenvalue weighted by Crippen LogP contribution is -2.31. The van der Waals surface area contributed by atoms with Crippen molar-refractivity contribution in [2.45, 2.75) is 25.7 Å². The highest BCUT2D eigenvalue weighted by Gasteiger charge is 2.25. The van der Waals surface area contributed by atoms with Crippen LogP contribution in [0.25, 0.3) is 0 Å². The van der Waals surface area contributed by atoms with Gasteiger partial charge in [0.15, 0.2) is 0 Å². The molecule has 0 N–H and O–H groups in total. The number of halogens is 2. The van der Waals surface area contributed by atoms with E-state index in [-0.39, 0.29) is 0 Å². The maximum atomic E-state index is 13.8. The predicted molar refractivity (Wildman–Crippen MR) is 71.9 cm³/mol. The molecule has 2 rings (SSSR count). The van der Waals surface area contributed by atoms with Gasteiger partial charge < -0.3 is 4.90 Å². The molecule has 21 heavy (non-hydrogen) atoms. The van der Waals surface area contributed by atoms with Crippen molar-refractivity contribution in [3.8, 4) is 0 Å². The lowest BCUT2D eigenvalue weighted by molar-refractivity contribution is -0.387. The van der Waals surface area contributed by atoms with E-state index in [0.29, 0.717) is 24.6 Å². The van der Waals surface area contributed by atoms with Gasteiger partial charge in [-0.15, -0.1) is 0 Å². The highest BCUT2D eigenvalue weighted by atomic mass is 19.1. The van der Waals surface area contributed by atoms with Crippen molar-refractivity contribution < 1.29 is 18.5 Å². The van der Waals surface area contributed by atoms with Crippen LogP contribution in [0.1, 0.15) is 36.0 Å². The van der Waals surface area contributed by atoms with E-state index in [4.69, 9.17) is 0 Å². The van der Waals surface area contributed by atoms with Crippen LogP contribution in [0, 0.1) is 27.7 Å². The minimum absolute atomic E-state index is 0.380. The first-order valence-electron chi connectivity index (χ1n) is 6.79. The Labute approximate surface area is 120 Å². The third kappa shape index (κ3) is 3.34. The number of carbonyl (C=O) groups excluding carboxylic acids is 1. The number of amides is 1. The van der Waals surface area contributed by atoms with Crippen LogP contribution in [0.5, 0.6) is 0 Å². The molecule has 0 saturated heterocycles. The first-order chi connectivity index (χ1) is 9.90. The topological polar surface area (TPSA) is 63.5 Å². The number of hydrogen-bond donors (Lipinski definition) is 0. The Morgan fingerprint density at radius 3 is 2.52 bits per heavy atom. The SMILES string of the molecule is CN(CC1CCCC1)C(=O)c1cc(F)c([N+](=O)[O-])cc1F. The predicted octanol–water partition coefficient (Wildman–Crippen LogP) is 3.14. The molecule has 0 spiro atoms. The summed E-state index contributed by atoms with van der Waals surface area (Å²) in [4.78, 5) is 23.0. The van der Waals surface area contributed by atoms with E-state index in [2.05, 4.69) is 0 Å². The molecule has 7 heteroatoms. The summed E-state index contributed by atoms with van der Waals surface area (Å²) in [5.41, 5.74) is -1.44. The molecule has 1 fully saturated rings. The summed E-state index contributed by atoms with van der Waals surface area (Å²) >= 11 is 0. The van der Waals surface area contributed by atoms with Crippen LogP contribution in [-0.4, -0.2) is 29.3 Å².